The summed E-state index contributed by atoms with van der Waals surface area (Å²) in [5.74, 6) is -0.221. The Labute approximate surface area is 155 Å². The molecule has 1 heterocycles. The van der Waals surface area contributed by atoms with E-state index < -0.39 is 6.36 Å². The van der Waals surface area contributed by atoms with Gasteiger partial charge in [0.05, 0.1) is 11.9 Å². The van der Waals surface area contributed by atoms with E-state index in [-0.39, 0.29) is 5.75 Å². The molecule has 0 unspecified atom stereocenters. The van der Waals surface area contributed by atoms with E-state index in [9.17, 15) is 13.2 Å². The van der Waals surface area contributed by atoms with E-state index in [0.717, 1.165) is 16.8 Å². The van der Waals surface area contributed by atoms with Crippen LogP contribution in [0.1, 0.15) is 22.3 Å². The van der Waals surface area contributed by atoms with Crippen LogP contribution in [0.5, 0.6) is 5.75 Å². The quantitative estimate of drug-likeness (QED) is 0.645. The van der Waals surface area contributed by atoms with Gasteiger partial charge in [-0.2, -0.15) is 5.10 Å². The highest BCUT2D eigenvalue weighted by molar-refractivity contribution is 5.64. The van der Waals surface area contributed by atoms with Crippen LogP contribution in [-0.2, 0) is 13.1 Å². The van der Waals surface area contributed by atoms with E-state index in [0.29, 0.717) is 18.7 Å². The van der Waals surface area contributed by atoms with Crippen LogP contribution in [0.15, 0.2) is 48.7 Å². The summed E-state index contributed by atoms with van der Waals surface area (Å²) in [7, 11) is 0. The summed E-state index contributed by atoms with van der Waals surface area (Å²) in [4.78, 5) is 0. The first-order chi connectivity index (χ1) is 12.8. The standard InChI is InChI=1S/C20H20F3N3O/c1-13-6-7-16(8-14(13)2)19-17(12-25-26-19)11-24-10-15-4-3-5-18(9-15)27-20(21,22)23/h3-9,12,24H,10-11H2,1-2H3,(H,25,26). The van der Waals surface area contributed by atoms with Crippen molar-refractivity contribution in [2.24, 2.45) is 0 Å². The summed E-state index contributed by atoms with van der Waals surface area (Å²) in [5.41, 5.74) is 6.09. The molecule has 2 aromatic carbocycles. The molecule has 0 atom stereocenters. The lowest BCUT2D eigenvalue weighted by Gasteiger charge is -2.11. The Balaban J connectivity index is 1.64. The summed E-state index contributed by atoms with van der Waals surface area (Å²) in [6, 6.07) is 12.1. The monoisotopic (exact) mass is 375 g/mol. The Kier molecular flexibility index (Phi) is 5.51. The molecule has 142 valence electrons. The summed E-state index contributed by atoms with van der Waals surface area (Å²) in [6.07, 6.45) is -2.94. The first-order valence-electron chi connectivity index (χ1n) is 8.47. The van der Waals surface area contributed by atoms with Crippen molar-refractivity contribution in [2.45, 2.75) is 33.3 Å². The van der Waals surface area contributed by atoms with Crippen LogP contribution in [0, 0.1) is 13.8 Å². The molecule has 0 bridgehead atoms. The molecule has 3 aromatic rings. The third-order valence-electron chi connectivity index (χ3n) is 4.29. The SMILES string of the molecule is Cc1ccc(-c2[nH]ncc2CNCc2cccc(OC(F)(F)F)c2)cc1C. The molecular formula is C20H20F3N3O. The third kappa shape index (κ3) is 5.10. The molecule has 2 N–H and O–H groups in total. The molecular weight excluding hydrogens is 355 g/mol. The zero-order chi connectivity index (χ0) is 19.4. The molecule has 0 fully saturated rings. The number of rotatable bonds is 6. The molecule has 0 spiro atoms. The molecule has 0 amide bonds. The molecule has 0 saturated carbocycles. The summed E-state index contributed by atoms with van der Waals surface area (Å²) >= 11 is 0. The zero-order valence-electron chi connectivity index (χ0n) is 15.0. The van der Waals surface area contributed by atoms with Gasteiger partial charge in [0.15, 0.2) is 0 Å². The number of benzene rings is 2. The molecule has 0 aliphatic carbocycles. The highest BCUT2D eigenvalue weighted by Crippen LogP contribution is 2.25. The maximum absolute atomic E-state index is 12.3. The number of aryl methyl sites for hydroxylation is 2. The number of nitrogens with one attached hydrogen (secondary N) is 2. The van der Waals surface area contributed by atoms with E-state index in [1.165, 1.54) is 29.3 Å². The zero-order valence-corrected chi connectivity index (χ0v) is 15.0. The maximum Gasteiger partial charge on any atom is 0.573 e. The Morgan fingerprint density at radius 3 is 2.59 bits per heavy atom. The van der Waals surface area contributed by atoms with Crippen LogP contribution >= 0.6 is 0 Å². The van der Waals surface area contributed by atoms with Gasteiger partial charge in [-0.25, -0.2) is 0 Å². The molecule has 0 aliphatic heterocycles. The van der Waals surface area contributed by atoms with Crippen LogP contribution < -0.4 is 10.1 Å². The van der Waals surface area contributed by atoms with Crippen molar-refractivity contribution in [2.75, 3.05) is 0 Å². The van der Waals surface area contributed by atoms with Gasteiger partial charge in [0.1, 0.15) is 5.75 Å². The van der Waals surface area contributed by atoms with E-state index in [1.807, 2.05) is 6.07 Å². The minimum atomic E-state index is -4.69. The van der Waals surface area contributed by atoms with Gasteiger partial charge in [0, 0.05) is 24.2 Å². The van der Waals surface area contributed by atoms with Gasteiger partial charge in [0.25, 0.3) is 0 Å². The van der Waals surface area contributed by atoms with Crippen LogP contribution in [0.25, 0.3) is 11.3 Å². The molecule has 0 saturated heterocycles. The number of nitrogens with zero attached hydrogens (tertiary/aromatic N) is 1. The highest BCUT2D eigenvalue weighted by atomic mass is 19.4. The summed E-state index contributed by atoms with van der Waals surface area (Å²) in [6.45, 7) is 5.06. The van der Waals surface area contributed by atoms with Crippen LogP contribution in [0.2, 0.25) is 0 Å². The van der Waals surface area contributed by atoms with Crippen LogP contribution in [-0.4, -0.2) is 16.6 Å². The largest absolute Gasteiger partial charge is 0.573 e. The van der Waals surface area contributed by atoms with Gasteiger partial charge in [-0.3, -0.25) is 5.10 Å². The number of aromatic nitrogens is 2. The Morgan fingerprint density at radius 1 is 1.04 bits per heavy atom. The van der Waals surface area contributed by atoms with Crippen molar-refractivity contribution in [3.05, 3.63) is 70.9 Å². The molecule has 7 heteroatoms. The van der Waals surface area contributed by atoms with Gasteiger partial charge in [-0.05, 0) is 48.7 Å². The average molecular weight is 375 g/mol. The number of halogens is 3. The molecule has 3 rings (SSSR count). The molecule has 27 heavy (non-hydrogen) atoms. The second-order valence-electron chi connectivity index (χ2n) is 6.37. The number of hydrogen-bond donors (Lipinski definition) is 2. The number of alkyl halides is 3. The topological polar surface area (TPSA) is 49.9 Å². The van der Waals surface area contributed by atoms with Gasteiger partial charge < -0.3 is 10.1 Å². The summed E-state index contributed by atoms with van der Waals surface area (Å²) < 4.78 is 40.9. The highest BCUT2D eigenvalue weighted by Gasteiger charge is 2.31. The normalized spacial score (nSPS) is 11.6. The Hall–Kier alpha value is -2.80. The summed E-state index contributed by atoms with van der Waals surface area (Å²) in [5, 5.41) is 10.4. The lowest BCUT2D eigenvalue weighted by atomic mass is 10.0. The fourth-order valence-electron chi connectivity index (χ4n) is 2.79. The number of H-pyrrole nitrogens is 1. The fourth-order valence-corrected chi connectivity index (χ4v) is 2.79. The Bertz CT molecular complexity index is 919. The van der Waals surface area contributed by atoms with Gasteiger partial charge in [-0.1, -0.05) is 24.3 Å². The van der Waals surface area contributed by atoms with E-state index in [2.05, 4.69) is 46.2 Å². The predicted octanol–water partition coefficient (Wildman–Crippen LogP) is 4.88. The fraction of sp³-hybridized carbons (Fsp3) is 0.250. The first-order valence-corrected chi connectivity index (χ1v) is 8.47. The second-order valence-corrected chi connectivity index (χ2v) is 6.37. The van der Waals surface area contributed by atoms with Crippen molar-refractivity contribution >= 4 is 0 Å². The van der Waals surface area contributed by atoms with Crippen molar-refractivity contribution in [3.8, 4) is 17.0 Å². The second kappa shape index (κ2) is 7.84. The molecule has 0 radical (unpaired) electrons. The van der Waals surface area contributed by atoms with Crippen LogP contribution in [0.3, 0.4) is 0 Å². The Morgan fingerprint density at radius 2 is 1.85 bits per heavy atom. The maximum atomic E-state index is 12.3. The van der Waals surface area contributed by atoms with Crippen molar-refractivity contribution < 1.29 is 17.9 Å². The lowest BCUT2D eigenvalue weighted by molar-refractivity contribution is -0.274. The third-order valence-corrected chi connectivity index (χ3v) is 4.29. The van der Waals surface area contributed by atoms with Gasteiger partial charge >= 0.3 is 6.36 Å². The molecule has 4 nitrogen and oxygen atoms in total. The van der Waals surface area contributed by atoms with Crippen molar-refractivity contribution in [1.29, 1.82) is 0 Å². The number of ether oxygens (including phenoxy) is 1. The number of aromatic amines is 1. The van der Waals surface area contributed by atoms with Gasteiger partial charge in [-0.15, -0.1) is 13.2 Å². The van der Waals surface area contributed by atoms with Crippen molar-refractivity contribution in [1.82, 2.24) is 15.5 Å². The van der Waals surface area contributed by atoms with Gasteiger partial charge in [0.2, 0.25) is 0 Å². The minimum absolute atomic E-state index is 0.221. The number of hydrogen-bond acceptors (Lipinski definition) is 3. The lowest BCUT2D eigenvalue weighted by Crippen LogP contribution is -2.17. The average Bonchev–Trinajstić information content (AvgIpc) is 3.05. The van der Waals surface area contributed by atoms with Crippen molar-refractivity contribution in [3.63, 3.8) is 0 Å². The predicted molar refractivity (Wildman–Crippen MR) is 97.2 cm³/mol. The molecule has 1 aromatic heterocycles. The smallest absolute Gasteiger partial charge is 0.406 e. The van der Waals surface area contributed by atoms with E-state index >= 15 is 0 Å². The minimum Gasteiger partial charge on any atom is -0.406 e. The molecule has 0 aliphatic rings. The first kappa shape index (κ1) is 19.0. The van der Waals surface area contributed by atoms with Crippen LogP contribution in [0.4, 0.5) is 13.2 Å². The van der Waals surface area contributed by atoms with E-state index in [1.54, 1.807) is 12.3 Å². The van der Waals surface area contributed by atoms with E-state index in [4.69, 9.17) is 0 Å².